The number of alkyl halides is 4. The second kappa shape index (κ2) is 17.8. The van der Waals surface area contributed by atoms with Crippen molar-refractivity contribution in [2.45, 2.75) is 55.8 Å². The zero-order chi connectivity index (χ0) is 17.5. The van der Waals surface area contributed by atoms with Crippen molar-refractivity contribution in [1.29, 1.82) is 0 Å². The summed E-state index contributed by atoms with van der Waals surface area (Å²) in [6.45, 7) is 5.97. The number of aliphatic hydroxyl groups excluding tert-OH is 1. The lowest BCUT2D eigenvalue weighted by atomic mass is 10.4. The van der Waals surface area contributed by atoms with Crippen molar-refractivity contribution in [2.24, 2.45) is 0 Å². The Kier molecular flexibility index (Phi) is 21.2. The molecule has 0 radical (unpaired) electrons. The summed E-state index contributed by atoms with van der Waals surface area (Å²) in [5.41, 5.74) is 0. The van der Waals surface area contributed by atoms with Crippen LogP contribution in [-0.4, -0.2) is 44.6 Å². The van der Waals surface area contributed by atoms with Gasteiger partial charge in [0, 0.05) is 20.3 Å². The Morgan fingerprint density at radius 2 is 1.68 bits per heavy atom. The van der Waals surface area contributed by atoms with E-state index in [4.69, 9.17) is 13.8 Å². The first-order valence-corrected chi connectivity index (χ1v) is 12.2. The van der Waals surface area contributed by atoms with Gasteiger partial charge in [-0.2, -0.15) is 0 Å². The lowest BCUT2D eigenvalue weighted by Crippen LogP contribution is -2.21. The highest BCUT2D eigenvalue weighted by Crippen LogP contribution is 2.29. The maximum absolute atomic E-state index is 11.4. The van der Waals surface area contributed by atoms with Crippen LogP contribution < -0.4 is 0 Å². The first-order chi connectivity index (χ1) is 10.3. The normalized spacial score (nSPS) is 17.8. The van der Waals surface area contributed by atoms with Gasteiger partial charge in [-0.15, -0.1) is 0 Å². The highest BCUT2D eigenvalue weighted by Gasteiger charge is 2.16. The van der Waals surface area contributed by atoms with Crippen LogP contribution in [0, 0.1) is 0 Å². The van der Waals surface area contributed by atoms with Crippen LogP contribution in [0.25, 0.3) is 0 Å². The molecule has 5 unspecified atom stereocenters. The molecule has 0 aromatic heterocycles. The molecule has 0 aliphatic rings. The Balaban J connectivity index is 0. The molecule has 0 aromatic rings. The van der Waals surface area contributed by atoms with Crippen molar-refractivity contribution in [3.63, 3.8) is 0 Å². The third-order valence-electron chi connectivity index (χ3n) is 1.98. The van der Waals surface area contributed by atoms with Crippen molar-refractivity contribution in [3.05, 3.63) is 0 Å². The molecule has 0 saturated heterocycles. The topological polar surface area (TPSA) is 65.0 Å². The van der Waals surface area contributed by atoms with Crippen molar-refractivity contribution in [3.8, 4) is 0 Å². The van der Waals surface area contributed by atoms with E-state index < -0.39 is 20.8 Å². The molecule has 5 atom stereocenters. The zero-order valence-corrected chi connectivity index (χ0v) is 20.3. The molecule has 0 fully saturated rings. The zero-order valence-electron chi connectivity index (χ0n) is 12.9. The highest BCUT2D eigenvalue weighted by molar-refractivity contribution is 9.12. The molecule has 0 aromatic carbocycles. The standard InChI is InChI=1S/C9H19Br2O5P.C3H6Br2/c1-3-8(12)15-9(4-2)16-17(13)14-6-7(11)5-10;1-3(5)2-4/h7-9,12,17H,3-6H2,1-2H3;3H,2H2,1H3. The van der Waals surface area contributed by atoms with Gasteiger partial charge in [0.15, 0.2) is 12.6 Å². The molecule has 136 valence electrons. The average molecular weight is 600 g/mol. The molecule has 0 bridgehead atoms. The van der Waals surface area contributed by atoms with E-state index in [1.807, 2.05) is 6.92 Å². The number of aliphatic hydroxyl groups is 1. The van der Waals surface area contributed by atoms with Gasteiger partial charge in [0.25, 0.3) is 0 Å². The van der Waals surface area contributed by atoms with Gasteiger partial charge in [-0.3, -0.25) is 9.09 Å². The summed E-state index contributed by atoms with van der Waals surface area (Å²) in [4.78, 5) is 0.699. The quantitative estimate of drug-likeness (QED) is 0.201. The smallest absolute Gasteiger partial charge is 0.321 e. The molecule has 0 saturated carbocycles. The van der Waals surface area contributed by atoms with E-state index in [0.29, 0.717) is 23.0 Å². The molecular formula is C12H25Br4O5P. The fraction of sp³-hybridized carbons (Fsp3) is 1.00. The van der Waals surface area contributed by atoms with Crippen molar-refractivity contribution in [1.82, 2.24) is 0 Å². The van der Waals surface area contributed by atoms with Crippen LogP contribution in [0.15, 0.2) is 0 Å². The summed E-state index contributed by atoms with van der Waals surface area (Å²) in [5, 5.41) is 11.0. The van der Waals surface area contributed by atoms with Crippen LogP contribution in [0.4, 0.5) is 0 Å². The van der Waals surface area contributed by atoms with Crippen LogP contribution in [0.5, 0.6) is 0 Å². The molecule has 10 heteroatoms. The van der Waals surface area contributed by atoms with Crippen LogP contribution in [-0.2, 0) is 18.3 Å². The average Bonchev–Trinajstić information content (AvgIpc) is 2.51. The van der Waals surface area contributed by atoms with E-state index >= 15 is 0 Å². The van der Waals surface area contributed by atoms with Gasteiger partial charge in [0.1, 0.15) is 0 Å². The summed E-state index contributed by atoms with van der Waals surface area (Å²) in [6, 6.07) is 0. The number of ether oxygens (including phenoxy) is 1. The maximum Gasteiger partial charge on any atom is 0.321 e. The molecule has 5 nitrogen and oxygen atoms in total. The maximum atomic E-state index is 11.4. The Morgan fingerprint density at radius 3 is 2.05 bits per heavy atom. The molecular weight excluding hydrogens is 575 g/mol. The lowest BCUT2D eigenvalue weighted by Gasteiger charge is -2.19. The van der Waals surface area contributed by atoms with Crippen LogP contribution in [0.1, 0.15) is 33.6 Å². The fourth-order valence-corrected chi connectivity index (χ4v) is 2.23. The SMILES string of the molecule is CC(Br)CBr.CCC(O)OC(CC)O[PH](=O)OCC(Br)CBr. The Labute approximate surface area is 167 Å². The molecule has 1 N–H and O–H groups in total. The summed E-state index contributed by atoms with van der Waals surface area (Å²) in [6.07, 6.45) is -0.655. The van der Waals surface area contributed by atoms with Gasteiger partial charge in [-0.25, -0.2) is 0 Å². The Hall–Kier alpha value is 1.99. The van der Waals surface area contributed by atoms with Gasteiger partial charge in [0.05, 0.1) is 6.61 Å². The molecule has 0 aliphatic heterocycles. The van der Waals surface area contributed by atoms with Gasteiger partial charge in [-0.05, 0) is 12.8 Å². The van der Waals surface area contributed by atoms with Gasteiger partial charge in [-0.1, -0.05) is 84.5 Å². The lowest BCUT2D eigenvalue weighted by molar-refractivity contribution is -0.198. The van der Waals surface area contributed by atoms with E-state index in [1.54, 1.807) is 6.92 Å². The first-order valence-electron chi connectivity index (χ1n) is 6.87. The molecule has 0 aliphatic carbocycles. The molecule has 0 spiro atoms. The fourth-order valence-electron chi connectivity index (χ4n) is 0.823. The second-order valence-corrected chi connectivity index (χ2v) is 9.38. The Morgan fingerprint density at radius 1 is 1.14 bits per heavy atom. The monoisotopic (exact) mass is 596 g/mol. The molecule has 0 rings (SSSR count). The molecule has 0 amide bonds. The summed E-state index contributed by atoms with van der Waals surface area (Å²) in [5.74, 6) is 0. The van der Waals surface area contributed by atoms with Gasteiger partial charge < -0.3 is 14.4 Å². The highest BCUT2D eigenvalue weighted by atomic mass is 79.9. The van der Waals surface area contributed by atoms with Crippen LogP contribution >= 0.6 is 72.0 Å². The number of hydrogen-bond donors (Lipinski definition) is 1. The van der Waals surface area contributed by atoms with E-state index in [9.17, 15) is 9.67 Å². The summed E-state index contributed by atoms with van der Waals surface area (Å²) >= 11 is 13.2. The number of hydrogen-bond acceptors (Lipinski definition) is 5. The summed E-state index contributed by atoms with van der Waals surface area (Å²) < 4.78 is 26.7. The third-order valence-corrected chi connectivity index (χ3v) is 7.24. The van der Waals surface area contributed by atoms with E-state index in [1.165, 1.54) is 0 Å². The first kappa shape index (κ1) is 26.2. The Bertz CT molecular complexity index is 274. The van der Waals surface area contributed by atoms with E-state index in [-0.39, 0.29) is 11.4 Å². The predicted molar refractivity (Wildman–Crippen MR) is 106 cm³/mol. The van der Waals surface area contributed by atoms with Crippen molar-refractivity contribution < 1.29 is 23.5 Å². The molecule has 0 heterocycles. The van der Waals surface area contributed by atoms with Crippen molar-refractivity contribution >= 4 is 72.0 Å². The predicted octanol–water partition coefficient (Wildman–Crippen LogP) is 5.21. The van der Waals surface area contributed by atoms with Gasteiger partial charge in [0.2, 0.25) is 0 Å². The second-order valence-electron chi connectivity index (χ2n) is 4.20. The largest absolute Gasteiger partial charge is 0.368 e. The van der Waals surface area contributed by atoms with Crippen LogP contribution in [0.2, 0.25) is 0 Å². The van der Waals surface area contributed by atoms with E-state index in [0.717, 1.165) is 5.33 Å². The van der Waals surface area contributed by atoms with E-state index in [2.05, 4.69) is 70.6 Å². The van der Waals surface area contributed by atoms with Crippen LogP contribution in [0.3, 0.4) is 0 Å². The minimum atomic E-state index is -2.60. The minimum Gasteiger partial charge on any atom is -0.368 e. The number of halogens is 4. The number of rotatable bonds is 11. The van der Waals surface area contributed by atoms with Crippen molar-refractivity contribution in [2.75, 3.05) is 17.3 Å². The summed E-state index contributed by atoms with van der Waals surface area (Å²) in [7, 11) is -2.60. The minimum absolute atomic E-state index is 0.0854. The molecule has 22 heavy (non-hydrogen) atoms. The van der Waals surface area contributed by atoms with Gasteiger partial charge >= 0.3 is 8.25 Å². The third kappa shape index (κ3) is 18.3.